The highest BCUT2D eigenvalue weighted by atomic mass is 31.2. The Morgan fingerprint density at radius 3 is 0.328 bits per heavy atom. The van der Waals surface area contributed by atoms with Gasteiger partial charge in [-0.1, -0.05) is 461 Å². The number of phosphoric acid groups is 1. The van der Waals surface area contributed by atoms with Crippen LogP contribution in [0.25, 0.3) is 0 Å². The zero-order chi connectivity index (χ0) is 92.1. The molecule has 0 bridgehead atoms. The van der Waals surface area contributed by atoms with Gasteiger partial charge in [-0.15, -0.1) is 0 Å². The zero-order valence-electron chi connectivity index (χ0n) is 87.9. The van der Waals surface area contributed by atoms with Crippen LogP contribution in [0.15, 0.2) is 72.9 Å². The standard InChI is InChI=1S/3C39H77N.H3O4P/c3*1-5-7-9-11-13-15-17-19-21-23-25-27-29-31-33-35-37-39(40(3)4)38-36-34-32-30-28-26-24-22-20-18-16-14-12-10-8-6-2;1-5(2,3)4/h3*19-22,39H,5-18,23-38H2,1-4H3;(H3,1,2,3,4)/b3*21-19-,22-20-;. The number of hydrogen-bond donors (Lipinski definition) is 3. The van der Waals surface area contributed by atoms with Crippen LogP contribution in [0.2, 0.25) is 0 Å². The number of allylic oxidation sites excluding steroid dienone is 12. The third kappa shape index (κ3) is 127. The van der Waals surface area contributed by atoms with Gasteiger partial charge >= 0.3 is 0 Å². The summed E-state index contributed by atoms with van der Waals surface area (Å²) in [6, 6.07) is 2.65. The zero-order valence-corrected chi connectivity index (χ0v) is 88.8. The number of hydrogen-bond acceptors (Lipinski definition) is 4. The van der Waals surface area contributed by atoms with Gasteiger partial charge in [0.2, 0.25) is 0 Å². The smallest absolute Gasteiger partial charge is 0.0870 e. The van der Waals surface area contributed by atoms with Crippen LogP contribution in [-0.4, -0.2) is 60.4 Å². The van der Waals surface area contributed by atoms with Gasteiger partial charge in [-0.3, -0.25) is 0 Å². The van der Waals surface area contributed by atoms with E-state index in [0.29, 0.717) is 0 Å². The van der Waals surface area contributed by atoms with E-state index in [0.717, 1.165) is 18.1 Å². The molecule has 0 heterocycles. The molecule has 0 aromatic carbocycles. The summed E-state index contributed by atoms with van der Waals surface area (Å²) in [4.78, 5) is 30.7. The van der Waals surface area contributed by atoms with Crippen molar-refractivity contribution in [3.05, 3.63) is 72.9 Å². The van der Waals surface area contributed by atoms with Crippen LogP contribution in [0.1, 0.15) is 619 Å². The fourth-order valence-corrected chi connectivity index (χ4v) is 18.0. The lowest BCUT2D eigenvalue weighted by Crippen LogP contribution is -3.10. The summed E-state index contributed by atoms with van der Waals surface area (Å²) in [5.74, 6) is 0. The summed E-state index contributed by atoms with van der Waals surface area (Å²) in [5.41, 5.74) is 0. The predicted octanol–water partition coefficient (Wildman–Crippen LogP) is 34.2. The van der Waals surface area contributed by atoms with Crippen molar-refractivity contribution in [1.29, 1.82) is 0 Å². The summed E-state index contributed by atoms with van der Waals surface area (Å²) in [5, 5.41) is 0. The molecule has 0 amide bonds. The van der Waals surface area contributed by atoms with Crippen LogP contribution in [0.3, 0.4) is 0 Å². The van der Waals surface area contributed by atoms with E-state index in [1.165, 1.54) is 578 Å². The highest BCUT2D eigenvalue weighted by Crippen LogP contribution is 2.22. The molecule has 0 spiro atoms. The van der Waals surface area contributed by atoms with E-state index in [9.17, 15) is 0 Å². The van der Waals surface area contributed by atoms with E-state index in [1.807, 2.05) is 0 Å². The highest BCUT2D eigenvalue weighted by molar-refractivity contribution is 7.40. The van der Waals surface area contributed by atoms with E-state index in [1.54, 1.807) is 14.7 Å². The van der Waals surface area contributed by atoms with Crippen molar-refractivity contribution in [3.8, 4) is 0 Å². The number of unbranched alkanes of at least 4 members (excludes halogenated alkanes) is 72. The van der Waals surface area contributed by atoms with Crippen molar-refractivity contribution in [2.45, 2.75) is 638 Å². The molecule has 0 saturated heterocycles. The van der Waals surface area contributed by atoms with E-state index >= 15 is 0 Å². The second kappa shape index (κ2) is 117. The largest absolute Gasteiger partial charge is 0.822 e. The molecule has 8 heteroatoms. The average molecular weight is 1780 g/mol. The van der Waals surface area contributed by atoms with Gasteiger partial charge in [0.15, 0.2) is 0 Å². The topological polar surface area (TPSA) is 99.6 Å². The predicted molar refractivity (Wildman–Crippen MR) is 562 cm³/mol. The van der Waals surface area contributed by atoms with E-state index in [4.69, 9.17) is 19.2 Å². The maximum atomic E-state index is 8.55. The van der Waals surface area contributed by atoms with Gasteiger partial charge in [0.05, 0.1) is 60.4 Å². The van der Waals surface area contributed by atoms with Crippen LogP contribution in [0, 0.1) is 0 Å². The second-order valence-corrected chi connectivity index (χ2v) is 41.0. The fraction of sp³-hybridized carbons (Fsp3) is 0.897. The molecule has 0 aliphatic rings. The summed E-state index contributed by atoms with van der Waals surface area (Å²) in [6.07, 6.45) is 156. The van der Waals surface area contributed by atoms with Gasteiger partial charge in [-0.25, -0.2) is 0 Å². The van der Waals surface area contributed by atoms with Crippen LogP contribution in [0.5, 0.6) is 0 Å². The monoisotopic (exact) mass is 1780 g/mol. The van der Waals surface area contributed by atoms with Gasteiger partial charge in [0.1, 0.15) is 0 Å². The average Bonchev–Trinajstić information content (AvgIpc) is 0.976. The van der Waals surface area contributed by atoms with Crippen molar-refractivity contribution in [2.75, 3.05) is 42.3 Å². The van der Waals surface area contributed by atoms with E-state index < -0.39 is 7.82 Å². The third-order valence-corrected chi connectivity index (χ3v) is 26.8. The van der Waals surface area contributed by atoms with Crippen LogP contribution < -0.4 is 29.4 Å². The second-order valence-electron chi connectivity index (χ2n) is 40.1. The van der Waals surface area contributed by atoms with Gasteiger partial charge in [-0.05, 0) is 231 Å². The molecular weight excluding hydrogens is 1540 g/mol. The minimum absolute atomic E-state index is 0.883. The van der Waals surface area contributed by atoms with Crippen molar-refractivity contribution < 1.29 is 33.9 Å². The first-order chi connectivity index (χ1) is 61.2. The van der Waals surface area contributed by atoms with Crippen LogP contribution >= 0.6 is 7.82 Å². The molecule has 0 rings (SSSR count). The summed E-state index contributed by atoms with van der Waals surface area (Å²) >= 11 is 0. The molecule has 0 radical (unpaired) electrons. The number of quaternary nitrogens is 3. The van der Waals surface area contributed by atoms with E-state index in [-0.39, 0.29) is 0 Å². The highest BCUT2D eigenvalue weighted by Gasteiger charge is 2.17. The first-order valence-corrected chi connectivity index (χ1v) is 58.6. The lowest BCUT2D eigenvalue weighted by atomic mass is 9.99. The maximum absolute atomic E-state index is 8.55. The Morgan fingerprint density at radius 2 is 0.240 bits per heavy atom. The molecule has 0 aliphatic heterocycles. The van der Waals surface area contributed by atoms with Gasteiger partial charge < -0.3 is 33.9 Å². The Hall–Kier alpha value is -1.57. The third-order valence-electron chi connectivity index (χ3n) is 26.8. The Morgan fingerprint density at radius 1 is 0.160 bits per heavy atom. The lowest BCUT2D eigenvalue weighted by molar-refractivity contribution is -0.886. The normalized spacial score (nSPS) is 12.2. The molecular formula is C117H234N3O4P. The summed E-state index contributed by atoms with van der Waals surface area (Å²) < 4.78 is 8.55. The summed E-state index contributed by atoms with van der Waals surface area (Å²) in [7, 11) is 8.89. The van der Waals surface area contributed by atoms with Crippen LogP contribution in [-0.2, 0) is 4.57 Å². The Kier molecular flexibility index (Phi) is 121. The van der Waals surface area contributed by atoms with Crippen molar-refractivity contribution in [3.63, 3.8) is 0 Å². The molecule has 0 aromatic rings. The van der Waals surface area contributed by atoms with Crippen molar-refractivity contribution >= 4 is 7.82 Å². The SMILES string of the molecule is CCCCCCCC/C=C\CCCCCCCCC(CCCCCCCC/C=C\CCCCCCCC)[NH+](C)C.CCCCCCCC/C=C\CCCCCCCCC(CCCCCCCC/C=C\CCCCCCCC)[NH+](C)C.CCCCCCCC/C=C\CCCCCCCCC(CCCCCCCC/C=C\CCCCCCCC)[NH+](C)C.O=P([O-])([O-])[O-]. The number of rotatable bonds is 99. The molecule has 3 N–H and O–H groups in total. The molecule has 0 saturated carbocycles. The molecule has 0 unspecified atom stereocenters. The molecule has 0 fully saturated rings. The molecule has 0 aliphatic carbocycles. The van der Waals surface area contributed by atoms with Crippen LogP contribution in [0.4, 0.5) is 0 Å². The maximum Gasteiger partial charge on any atom is 0.0870 e. The molecule has 125 heavy (non-hydrogen) atoms. The first-order valence-electron chi connectivity index (χ1n) is 57.2. The van der Waals surface area contributed by atoms with Gasteiger partial charge in [-0.2, -0.15) is 7.82 Å². The molecule has 7 nitrogen and oxygen atoms in total. The first kappa shape index (κ1) is 130. The molecule has 746 valence electrons. The van der Waals surface area contributed by atoms with Gasteiger partial charge in [0, 0.05) is 0 Å². The van der Waals surface area contributed by atoms with Gasteiger partial charge in [0.25, 0.3) is 0 Å². The Bertz CT molecular complexity index is 1790. The minimum atomic E-state index is -5.39. The van der Waals surface area contributed by atoms with Crippen molar-refractivity contribution in [2.24, 2.45) is 0 Å². The van der Waals surface area contributed by atoms with E-state index in [2.05, 4.69) is 157 Å². The Labute approximate surface area is 789 Å². The minimum Gasteiger partial charge on any atom is -0.822 e. The molecule has 0 atom stereocenters. The molecule has 0 aromatic heterocycles. The fourth-order valence-electron chi connectivity index (χ4n) is 18.0. The van der Waals surface area contributed by atoms with Crippen molar-refractivity contribution in [1.82, 2.24) is 0 Å². The lowest BCUT2D eigenvalue weighted by Gasteiger charge is -2.36. The number of nitrogens with one attached hydrogen (secondary N) is 3. The quantitative estimate of drug-likeness (QED) is 0.0321. The Balaban J connectivity index is -0.000000853. The summed E-state index contributed by atoms with van der Waals surface area (Å²) in [6.45, 7) is 13.8.